The summed E-state index contributed by atoms with van der Waals surface area (Å²) in [6.45, 7) is 3.71. The first-order chi connectivity index (χ1) is 25.3. The molecule has 0 radical (unpaired) electrons. The van der Waals surface area contributed by atoms with Gasteiger partial charge in [-0.2, -0.15) is 0 Å². The summed E-state index contributed by atoms with van der Waals surface area (Å²) in [5.41, 5.74) is 5.34. The zero-order valence-corrected chi connectivity index (χ0v) is 34.4. The van der Waals surface area contributed by atoms with Crippen LogP contribution in [0.5, 0.6) is 0 Å². The molecule has 0 aliphatic heterocycles. The van der Waals surface area contributed by atoms with E-state index in [0.29, 0.717) is 6.42 Å². The third-order valence-electron chi connectivity index (χ3n) is 9.06. The van der Waals surface area contributed by atoms with Crippen molar-refractivity contribution in [2.45, 2.75) is 206 Å². The Balaban J connectivity index is 4.16. The van der Waals surface area contributed by atoms with Crippen molar-refractivity contribution in [1.29, 1.82) is 0 Å². The maximum Gasteiger partial charge on any atom is 0.472 e. The maximum absolute atomic E-state index is 12.5. The first-order valence-electron chi connectivity index (χ1n) is 21.3. The molecule has 0 saturated carbocycles. The van der Waals surface area contributed by atoms with Crippen LogP contribution in [-0.2, 0) is 32.7 Å². The second-order valence-corrected chi connectivity index (χ2v) is 15.7. The number of nitrogens with two attached hydrogens (primary N) is 1. The number of allylic oxidation sites excluding steroid dienone is 4. The molecule has 306 valence electrons. The van der Waals surface area contributed by atoms with E-state index in [1.54, 1.807) is 0 Å². The maximum atomic E-state index is 12.5. The summed E-state index contributed by atoms with van der Waals surface area (Å²) in [7, 11) is -4.37. The second-order valence-electron chi connectivity index (χ2n) is 14.2. The van der Waals surface area contributed by atoms with Crippen LogP contribution in [0.4, 0.5) is 0 Å². The van der Waals surface area contributed by atoms with Gasteiger partial charge in [0.15, 0.2) is 6.10 Å². The quantitative estimate of drug-likeness (QED) is 0.0271. The van der Waals surface area contributed by atoms with Gasteiger partial charge in [0.1, 0.15) is 6.61 Å². The zero-order chi connectivity index (χ0) is 38.2. The van der Waals surface area contributed by atoms with Crippen molar-refractivity contribution >= 4 is 19.8 Å². The lowest BCUT2D eigenvalue weighted by Crippen LogP contribution is -2.29. The summed E-state index contributed by atoms with van der Waals surface area (Å²) in [5.74, 6) is -0.839. The molecule has 0 saturated heterocycles. The summed E-state index contributed by atoms with van der Waals surface area (Å²) >= 11 is 0. The number of rotatable bonds is 40. The fourth-order valence-corrected chi connectivity index (χ4v) is 6.62. The predicted molar refractivity (Wildman–Crippen MR) is 215 cm³/mol. The molecule has 52 heavy (non-hydrogen) atoms. The minimum absolute atomic E-state index is 0.0524. The van der Waals surface area contributed by atoms with E-state index < -0.39 is 26.5 Å². The first kappa shape index (κ1) is 50.5. The van der Waals surface area contributed by atoms with Crippen LogP contribution in [0.25, 0.3) is 0 Å². The SMILES string of the molecule is CCCCCCC/C=C\CCCCCCCC(=O)O[C@H](COC(=O)CCCCCCCCC/C=C\CCCCCCCC)COP(=O)(O)OCCN. The Morgan fingerprint density at radius 1 is 0.558 bits per heavy atom. The molecule has 0 aromatic heterocycles. The van der Waals surface area contributed by atoms with Gasteiger partial charge in [-0.15, -0.1) is 0 Å². The number of phosphoric acid groups is 1. The molecule has 0 amide bonds. The molecule has 0 heterocycles. The van der Waals surface area contributed by atoms with Gasteiger partial charge in [-0.3, -0.25) is 18.6 Å². The molecule has 2 atom stereocenters. The monoisotopic (exact) mass is 758 g/mol. The van der Waals surface area contributed by atoms with E-state index in [-0.39, 0.29) is 38.6 Å². The van der Waals surface area contributed by atoms with Crippen molar-refractivity contribution in [3.8, 4) is 0 Å². The minimum Gasteiger partial charge on any atom is -0.462 e. The number of carbonyl (C=O) groups is 2. The zero-order valence-electron chi connectivity index (χ0n) is 33.6. The topological polar surface area (TPSA) is 134 Å². The first-order valence-corrected chi connectivity index (χ1v) is 22.8. The molecule has 0 aliphatic carbocycles. The standard InChI is InChI=1S/C42H80NO8P/c1-3-5-7-9-11-13-15-17-19-20-21-23-24-26-28-30-32-34-41(44)48-38-40(39-50-52(46,47)49-37-36-43)51-42(45)35-33-31-29-27-25-22-18-16-14-12-10-8-6-4-2/h16-19,40H,3-15,20-39,43H2,1-2H3,(H,46,47)/b18-16-,19-17-/t40-/m1/s1. The number of unbranched alkanes of at least 4 members (excludes halogenated alkanes) is 23. The molecule has 0 aromatic rings. The van der Waals surface area contributed by atoms with Gasteiger partial charge in [-0.05, 0) is 64.2 Å². The highest BCUT2D eigenvalue weighted by atomic mass is 31.2. The van der Waals surface area contributed by atoms with Crippen LogP contribution < -0.4 is 5.73 Å². The second kappa shape index (κ2) is 39.2. The number of hydrogen-bond donors (Lipinski definition) is 2. The van der Waals surface area contributed by atoms with Crippen LogP contribution in [0.1, 0.15) is 200 Å². The number of ether oxygens (including phenoxy) is 2. The highest BCUT2D eigenvalue weighted by Crippen LogP contribution is 2.43. The van der Waals surface area contributed by atoms with Crippen molar-refractivity contribution < 1.29 is 37.6 Å². The molecule has 9 nitrogen and oxygen atoms in total. The van der Waals surface area contributed by atoms with Gasteiger partial charge in [-0.25, -0.2) is 4.57 Å². The lowest BCUT2D eigenvalue weighted by Gasteiger charge is -2.19. The number of hydrogen-bond acceptors (Lipinski definition) is 8. The van der Waals surface area contributed by atoms with Gasteiger partial charge in [0.05, 0.1) is 13.2 Å². The van der Waals surface area contributed by atoms with Crippen LogP contribution in [-0.4, -0.2) is 49.3 Å². The van der Waals surface area contributed by atoms with E-state index in [9.17, 15) is 19.0 Å². The highest BCUT2D eigenvalue weighted by Gasteiger charge is 2.26. The van der Waals surface area contributed by atoms with Crippen LogP contribution >= 0.6 is 7.82 Å². The molecule has 1 unspecified atom stereocenters. The Hall–Kier alpha value is -1.51. The Labute approximate surface area is 319 Å². The van der Waals surface area contributed by atoms with Gasteiger partial charge in [0, 0.05) is 19.4 Å². The highest BCUT2D eigenvalue weighted by molar-refractivity contribution is 7.47. The Morgan fingerprint density at radius 3 is 1.37 bits per heavy atom. The molecule has 3 N–H and O–H groups in total. The summed E-state index contributed by atoms with van der Waals surface area (Å²) in [6.07, 6.45) is 40.6. The average Bonchev–Trinajstić information content (AvgIpc) is 3.13. The largest absolute Gasteiger partial charge is 0.472 e. The third kappa shape index (κ3) is 38.2. The summed E-state index contributed by atoms with van der Waals surface area (Å²) in [4.78, 5) is 34.8. The van der Waals surface area contributed by atoms with Crippen molar-refractivity contribution in [1.82, 2.24) is 0 Å². The van der Waals surface area contributed by atoms with Crippen LogP contribution in [0.2, 0.25) is 0 Å². The number of phosphoric ester groups is 1. The van der Waals surface area contributed by atoms with Crippen molar-refractivity contribution in [3.05, 3.63) is 24.3 Å². The average molecular weight is 758 g/mol. The fourth-order valence-electron chi connectivity index (χ4n) is 5.86. The van der Waals surface area contributed by atoms with E-state index in [1.165, 1.54) is 103 Å². The van der Waals surface area contributed by atoms with Crippen molar-refractivity contribution in [3.63, 3.8) is 0 Å². The molecule has 10 heteroatoms. The third-order valence-corrected chi connectivity index (χ3v) is 10.0. The van der Waals surface area contributed by atoms with Gasteiger partial charge >= 0.3 is 19.8 Å². The Bertz CT molecular complexity index is 912. The van der Waals surface area contributed by atoms with Gasteiger partial charge in [0.25, 0.3) is 0 Å². The van der Waals surface area contributed by atoms with Crippen LogP contribution in [0.3, 0.4) is 0 Å². The molecule has 0 aromatic carbocycles. The lowest BCUT2D eigenvalue weighted by atomic mass is 10.1. The normalized spacial score (nSPS) is 13.5. The number of esters is 2. The van der Waals surface area contributed by atoms with E-state index in [0.717, 1.165) is 64.2 Å². The molecule has 0 rings (SSSR count). The number of carbonyl (C=O) groups excluding carboxylic acids is 2. The van der Waals surface area contributed by atoms with Crippen LogP contribution in [0, 0.1) is 0 Å². The van der Waals surface area contributed by atoms with Gasteiger partial charge in [-0.1, -0.05) is 147 Å². The Kier molecular flexibility index (Phi) is 38.1. The van der Waals surface area contributed by atoms with E-state index in [1.807, 2.05) is 0 Å². The molecule has 0 aliphatic rings. The smallest absolute Gasteiger partial charge is 0.462 e. The molecule has 0 bridgehead atoms. The van der Waals surface area contributed by atoms with Gasteiger partial charge < -0.3 is 20.1 Å². The summed E-state index contributed by atoms with van der Waals surface area (Å²) in [5, 5.41) is 0. The fraction of sp³-hybridized carbons (Fsp3) is 0.857. The van der Waals surface area contributed by atoms with Crippen LogP contribution in [0.15, 0.2) is 24.3 Å². The van der Waals surface area contributed by atoms with Crippen molar-refractivity contribution in [2.24, 2.45) is 5.73 Å². The molecular weight excluding hydrogens is 677 g/mol. The predicted octanol–water partition coefficient (Wildman–Crippen LogP) is 12.0. The summed E-state index contributed by atoms with van der Waals surface area (Å²) in [6, 6.07) is 0. The van der Waals surface area contributed by atoms with E-state index in [4.69, 9.17) is 24.3 Å². The molecular formula is C42H80NO8P. The van der Waals surface area contributed by atoms with E-state index >= 15 is 0 Å². The lowest BCUT2D eigenvalue weighted by molar-refractivity contribution is -0.161. The molecule has 0 spiro atoms. The molecule has 0 fully saturated rings. The Morgan fingerprint density at radius 2 is 0.942 bits per heavy atom. The van der Waals surface area contributed by atoms with Crippen molar-refractivity contribution in [2.75, 3.05) is 26.4 Å². The summed E-state index contributed by atoms with van der Waals surface area (Å²) < 4.78 is 32.7. The minimum atomic E-state index is -4.37. The van der Waals surface area contributed by atoms with Gasteiger partial charge in [0.2, 0.25) is 0 Å². The van der Waals surface area contributed by atoms with E-state index in [2.05, 4.69) is 38.2 Å².